The number of carbonyl (C=O) groups excluding carboxylic acids is 2. The Balaban J connectivity index is 1.46. The Bertz CT molecular complexity index is 1290. The quantitative estimate of drug-likeness (QED) is 0.450. The molecule has 2 amide bonds. The molecule has 4 rings (SSSR count). The van der Waals surface area contributed by atoms with Gasteiger partial charge < -0.3 is 15.4 Å². The van der Waals surface area contributed by atoms with Crippen LogP contribution in [0.15, 0.2) is 89.8 Å². The maximum absolute atomic E-state index is 13.3. The van der Waals surface area contributed by atoms with Crippen LogP contribution in [0, 0.1) is 5.92 Å². The zero-order valence-electron chi connectivity index (χ0n) is 20.7. The molecule has 3 aromatic rings. The van der Waals surface area contributed by atoms with Crippen LogP contribution in [0.2, 0.25) is 0 Å². The van der Waals surface area contributed by atoms with Crippen molar-refractivity contribution in [1.82, 2.24) is 14.9 Å². The Labute approximate surface area is 217 Å². The summed E-state index contributed by atoms with van der Waals surface area (Å²) in [5.74, 6) is -0.264. The third-order valence-corrected chi connectivity index (χ3v) is 8.49. The standard InChI is InChI=1S/C28H31N3O5S/c1-36-24-12-14-25(15-13-24)37(34,35)31-18-16-22(17-19-31)26(30-27(32)23-10-6-3-7-11-23)28(33)29-20-21-8-4-2-5-9-21/h2-15,22,26H,16-20H2,1H3,(H,29,33)(H,30,32)/t26-/m1/s1. The molecular weight excluding hydrogens is 490 g/mol. The number of methoxy groups -OCH3 is 1. The van der Waals surface area contributed by atoms with E-state index in [1.54, 1.807) is 36.4 Å². The van der Waals surface area contributed by atoms with E-state index in [9.17, 15) is 18.0 Å². The van der Waals surface area contributed by atoms with Crippen molar-refractivity contribution in [3.05, 3.63) is 96.1 Å². The molecule has 1 saturated heterocycles. The van der Waals surface area contributed by atoms with Gasteiger partial charge in [-0.3, -0.25) is 9.59 Å². The van der Waals surface area contributed by atoms with Crippen molar-refractivity contribution in [2.45, 2.75) is 30.3 Å². The van der Waals surface area contributed by atoms with Crippen LogP contribution in [0.1, 0.15) is 28.8 Å². The molecule has 2 N–H and O–H groups in total. The van der Waals surface area contributed by atoms with E-state index in [0.717, 1.165) is 5.56 Å². The Morgan fingerprint density at radius 3 is 2.11 bits per heavy atom. The Morgan fingerprint density at radius 1 is 0.919 bits per heavy atom. The third-order valence-electron chi connectivity index (χ3n) is 6.58. The summed E-state index contributed by atoms with van der Waals surface area (Å²) in [5.41, 5.74) is 1.41. The van der Waals surface area contributed by atoms with E-state index in [4.69, 9.17) is 4.74 Å². The highest BCUT2D eigenvalue weighted by molar-refractivity contribution is 7.89. The van der Waals surface area contributed by atoms with Gasteiger partial charge in [-0.25, -0.2) is 8.42 Å². The highest BCUT2D eigenvalue weighted by Gasteiger charge is 2.36. The molecule has 1 heterocycles. The van der Waals surface area contributed by atoms with Crippen LogP contribution < -0.4 is 15.4 Å². The predicted octanol–water partition coefficient (Wildman–Crippen LogP) is 3.21. The third kappa shape index (κ3) is 6.55. The number of hydrogen-bond donors (Lipinski definition) is 2. The van der Waals surface area contributed by atoms with Gasteiger partial charge in [0.05, 0.1) is 12.0 Å². The van der Waals surface area contributed by atoms with Gasteiger partial charge in [0.25, 0.3) is 5.91 Å². The fourth-order valence-electron chi connectivity index (χ4n) is 4.45. The SMILES string of the molecule is COc1ccc(S(=O)(=O)N2CCC([C@@H](NC(=O)c3ccccc3)C(=O)NCc3ccccc3)CC2)cc1. The number of nitrogens with zero attached hydrogens (tertiary/aromatic N) is 1. The smallest absolute Gasteiger partial charge is 0.251 e. The maximum Gasteiger partial charge on any atom is 0.251 e. The van der Waals surface area contributed by atoms with Gasteiger partial charge in [0.1, 0.15) is 11.8 Å². The molecule has 8 nitrogen and oxygen atoms in total. The van der Waals surface area contributed by atoms with Gasteiger partial charge in [0.15, 0.2) is 0 Å². The molecule has 1 aliphatic heterocycles. The molecule has 1 aliphatic rings. The van der Waals surface area contributed by atoms with Crippen molar-refractivity contribution in [3.63, 3.8) is 0 Å². The minimum Gasteiger partial charge on any atom is -0.497 e. The number of nitrogens with one attached hydrogen (secondary N) is 2. The Hall–Kier alpha value is -3.69. The largest absolute Gasteiger partial charge is 0.497 e. The first-order valence-corrected chi connectivity index (χ1v) is 13.6. The zero-order valence-corrected chi connectivity index (χ0v) is 21.5. The average Bonchev–Trinajstić information content (AvgIpc) is 2.95. The van der Waals surface area contributed by atoms with Crippen molar-refractivity contribution < 1.29 is 22.7 Å². The number of hydrogen-bond acceptors (Lipinski definition) is 5. The normalized spacial score (nSPS) is 15.5. The molecule has 0 saturated carbocycles. The molecule has 0 spiro atoms. The van der Waals surface area contributed by atoms with E-state index < -0.39 is 16.1 Å². The lowest BCUT2D eigenvalue weighted by atomic mass is 9.89. The minimum absolute atomic E-state index is 0.196. The van der Waals surface area contributed by atoms with Gasteiger partial charge in [-0.2, -0.15) is 4.31 Å². The molecule has 3 aromatic carbocycles. The maximum atomic E-state index is 13.3. The van der Waals surface area contributed by atoms with Crippen molar-refractivity contribution in [3.8, 4) is 5.75 Å². The lowest BCUT2D eigenvalue weighted by Crippen LogP contribution is -2.53. The highest BCUT2D eigenvalue weighted by atomic mass is 32.2. The molecule has 194 valence electrons. The van der Waals surface area contributed by atoms with Crippen LogP contribution in [0.25, 0.3) is 0 Å². The Kier molecular flexibility index (Phi) is 8.58. The number of sulfonamides is 1. The molecule has 0 bridgehead atoms. The number of rotatable bonds is 9. The van der Waals surface area contributed by atoms with Crippen molar-refractivity contribution >= 4 is 21.8 Å². The van der Waals surface area contributed by atoms with Gasteiger partial charge in [-0.15, -0.1) is 0 Å². The molecule has 0 radical (unpaired) electrons. The molecular formula is C28H31N3O5S. The number of carbonyl (C=O) groups is 2. The van der Waals surface area contributed by atoms with Crippen molar-refractivity contribution in [2.24, 2.45) is 5.92 Å². The molecule has 1 fully saturated rings. The highest BCUT2D eigenvalue weighted by Crippen LogP contribution is 2.27. The second-order valence-electron chi connectivity index (χ2n) is 8.94. The summed E-state index contributed by atoms with van der Waals surface area (Å²) in [5, 5.41) is 5.84. The van der Waals surface area contributed by atoms with Gasteiger partial charge in [-0.1, -0.05) is 48.5 Å². The number of benzene rings is 3. The van der Waals surface area contributed by atoms with E-state index in [1.807, 2.05) is 36.4 Å². The average molecular weight is 522 g/mol. The number of piperidine rings is 1. The van der Waals surface area contributed by atoms with Gasteiger partial charge in [0, 0.05) is 25.2 Å². The summed E-state index contributed by atoms with van der Waals surface area (Å²) in [6.45, 7) is 0.841. The first-order chi connectivity index (χ1) is 17.9. The first-order valence-electron chi connectivity index (χ1n) is 12.2. The summed E-state index contributed by atoms with van der Waals surface area (Å²) >= 11 is 0. The molecule has 0 unspecified atom stereocenters. The van der Waals surface area contributed by atoms with Gasteiger partial charge in [0.2, 0.25) is 15.9 Å². The zero-order chi connectivity index (χ0) is 26.3. The van der Waals surface area contributed by atoms with E-state index in [-0.39, 0.29) is 35.7 Å². The Morgan fingerprint density at radius 2 is 1.51 bits per heavy atom. The monoisotopic (exact) mass is 521 g/mol. The summed E-state index contributed by atoms with van der Waals surface area (Å²) in [6, 6.07) is 23.8. The lowest BCUT2D eigenvalue weighted by Gasteiger charge is -2.35. The molecule has 0 aliphatic carbocycles. The first kappa shape index (κ1) is 26.4. The topological polar surface area (TPSA) is 105 Å². The summed E-state index contributed by atoms with van der Waals surface area (Å²) < 4.78 is 32.9. The van der Waals surface area contributed by atoms with E-state index in [0.29, 0.717) is 30.7 Å². The van der Waals surface area contributed by atoms with Gasteiger partial charge in [-0.05, 0) is 60.7 Å². The van der Waals surface area contributed by atoms with Crippen LogP contribution in [-0.2, 0) is 21.4 Å². The lowest BCUT2D eigenvalue weighted by molar-refractivity contribution is -0.124. The molecule has 0 aromatic heterocycles. The fourth-order valence-corrected chi connectivity index (χ4v) is 5.92. The predicted molar refractivity (Wildman–Crippen MR) is 140 cm³/mol. The van der Waals surface area contributed by atoms with E-state index in [2.05, 4.69) is 10.6 Å². The summed E-state index contributed by atoms with van der Waals surface area (Å²) in [4.78, 5) is 26.4. The molecule has 9 heteroatoms. The number of amides is 2. The molecule has 37 heavy (non-hydrogen) atoms. The van der Waals surface area contributed by atoms with Crippen LogP contribution in [-0.4, -0.2) is 50.8 Å². The van der Waals surface area contributed by atoms with Crippen LogP contribution in [0.5, 0.6) is 5.75 Å². The van der Waals surface area contributed by atoms with E-state index in [1.165, 1.54) is 23.5 Å². The van der Waals surface area contributed by atoms with Gasteiger partial charge >= 0.3 is 0 Å². The van der Waals surface area contributed by atoms with Crippen molar-refractivity contribution in [1.29, 1.82) is 0 Å². The van der Waals surface area contributed by atoms with Crippen LogP contribution >= 0.6 is 0 Å². The fraction of sp³-hybridized carbons (Fsp3) is 0.286. The second kappa shape index (κ2) is 12.0. The summed E-state index contributed by atoms with van der Waals surface area (Å²) in [7, 11) is -2.15. The number of ether oxygens (including phenoxy) is 1. The summed E-state index contributed by atoms with van der Waals surface area (Å²) in [6.07, 6.45) is 0.877. The second-order valence-corrected chi connectivity index (χ2v) is 10.9. The molecule has 1 atom stereocenters. The van der Waals surface area contributed by atoms with E-state index >= 15 is 0 Å². The van der Waals surface area contributed by atoms with Crippen LogP contribution in [0.4, 0.5) is 0 Å². The van der Waals surface area contributed by atoms with Crippen LogP contribution in [0.3, 0.4) is 0 Å². The van der Waals surface area contributed by atoms with Crippen molar-refractivity contribution in [2.75, 3.05) is 20.2 Å². The minimum atomic E-state index is -3.68.